The number of fused-ring (bicyclic) bond motifs is 1. The molecule has 0 atom stereocenters. The van der Waals surface area contributed by atoms with Crippen molar-refractivity contribution in [3.05, 3.63) is 64.6 Å². The number of methoxy groups -OCH3 is 4. The highest BCUT2D eigenvalue weighted by molar-refractivity contribution is 6.08. The number of pyridine rings is 1. The van der Waals surface area contributed by atoms with Crippen molar-refractivity contribution in [2.45, 2.75) is 13.8 Å². The molecular formula is C31H35ClN2O8. The zero-order valence-electron chi connectivity index (χ0n) is 24.7. The van der Waals surface area contributed by atoms with Gasteiger partial charge in [0.05, 0.1) is 47.0 Å². The number of hydrogen-bond donors (Lipinski definition) is 1. The van der Waals surface area contributed by atoms with Crippen molar-refractivity contribution in [2.75, 3.05) is 54.0 Å². The molecule has 1 aromatic heterocycles. The van der Waals surface area contributed by atoms with Crippen LogP contribution in [-0.2, 0) is 4.74 Å². The molecule has 0 fully saturated rings. The molecule has 0 aliphatic rings. The van der Waals surface area contributed by atoms with Gasteiger partial charge in [0.1, 0.15) is 5.69 Å². The van der Waals surface area contributed by atoms with Crippen molar-refractivity contribution in [3.63, 3.8) is 0 Å². The summed E-state index contributed by atoms with van der Waals surface area (Å²) >= 11 is 0. The Kier molecular flexibility index (Phi) is 10.5. The van der Waals surface area contributed by atoms with Gasteiger partial charge in [0.15, 0.2) is 23.0 Å². The Hall–Kier alpha value is -4.57. The van der Waals surface area contributed by atoms with Crippen LogP contribution in [0.15, 0.2) is 53.3 Å². The molecule has 11 heteroatoms. The first kappa shape index (κ1) is 32.0. The number of carbonyl (C=O) groups excluding carboxylic acids is 1. The van der Waals surface area contributed by atoms with Crippen molar-refractivity contribution < 1.29 is 33.2 Å². The van der Waals surface area contributed by atoms with E-state index in [1.807, 2.05) is 26.0 Å². The number of rotatable bonds is 11. The van der Waals surface area contributed by atoms with Gasteiger partial charge in [-0.1, -0.05) is 0 Å². The standard InChI is InChI=1S/C31H34N2O8.ClH/c1-8-40-23-16-21-22(17-24(23)41-9-2)30(34)33(20-12-10-19(32-3)11-13-20)28(31(35)39-7)27(21)18-14-25(36-4)29(38-6)26(15-18)37-5;/h10-17,32H,8-9H2,1-7H3;1H. The number of ether oxygens (including phenoxy) is 6. The number of nitrogens with zero attached hydrogens (tertiary/aromatic N) is 1. The first-order valence-electron chi connectivity index (χ1n) is 13.1. The second kappa shape index (κ2) is 13.9. The normalized spacial score (nSPS) is 10.5. The number of aromatic nitrogens is 1. The Morgan fingerprint density at radius 2 is 1.33 bits per heavy atom. The molecule has 0 bridgehead atoms. The SMILES string of the molecule is CCOc1cc2c(-c3cc(OC)c(OC)c(OC)c3)c(C(=O)OC)n(-c3ccc(NC)cc3)c(=O)c2cc1OCC.Cl. The Labute approximate surface area is 250 Å². The zero-order chi connectivity index (χ0) is 29.7. The van der Waals surface area contributed by atoms with Gasteiger partial charge >= 0.3 is 5.97 Å². The van der Waals surface area contributed by atoms with E-state index < -0.39 is 11.5 Å². The van der Waals surface area contributed by atoms with Crippen molar-refractivity contribution >= 4 is 34.8 Å². The fraction of sp³-hybridized carbons (Fsp3) is 0.290. The van der Waals surface area contributed by atoms with Crippen LogP contribution in [0.2, 0.25) is 0 Å². The summed E-state index contributed by atoms with van der Waals surface area (Å²) < 4.78 is 35.1. The quantitative estimate of drug-likeness (QED) is 0.217. The smallest absolute Gasteiger partial charge is 0.355 e. The maximum atomic E-state index is 14.3. The lowest BCUT2D eigenvalue weighted by Crippen LogP contribution is -2.27. The monoisotopic (exact) mass is 598 g/mol. The number of anilines is 1. The van der Waals surface area contributed by atoms with Gasteiger partial charge in [-0.25, -0.2) is 4.79 Å². The summed E-state index contributed by atoms with van der Waals surface area (Å²) in [5.41, 5.74) is 1.83. The molecule has 42 heavy (non-hydrogen) atoms. The van der Waals surface area contributed by atoms with E-state index >= 15 is 0 Å². The first-order valence-corrected chi connectivity index (χ1v) is 13.1. The van der Waals surface area contributed by atoms with E-state index in [1.165, 1.54) is 33.0 Å². The second-order valence-electron chi connectivity index (χ2n) is 8.78. The van der Waals surface area contributed by atoms with Crippen molar-refractivity contribution in [1.82, 2.24) is 4.57 Å². The Bertz CT molecular complexity index is 1610. The van der Waals surface area contributed by atoms with Crippen LogP contribution in [0.4, 0.5) is 5.69 Å². The highest BCUT2D eigenvalue weighted by Gasteiger charge is 2.28. The lowest BCUT2D eigenvalue weighted by Gasteiger charge is -2.22. The van der Waals surface area contributed by atoms with E-state index in [0.29, 0.717) is 69.5 Å². The molecule has 0 spiro atoms. The summed E-state index contributed by atoms with van der Waals surface area (Å²) in [6.07, 6.45) is 0. The average molecular weight is 599 g/mol. The van der Waals surface area contributed by atoms with Gasteiger partial charge in [0.2, 0.25) is 5.75 Å². The van der Waals surface area contributed by atoms with Crippen LogP contribution in [0, 0.1) is 0 Å². The van der Waals surface area contributed by atoms with E-state index in [0.717, 1.165) is 5.69 Å². The first-order chi connectivity index (χ1) is 19.9. The van der Waals surface area contributed by atoms with Gasteiger partial charge in [0, 0.05) is 29.4 Å². The molecular weight excluding hydrogens is 564 g/mol. The van der Waals surface area contributed by atoms with Gasteiger partial charge in [-0.2, -0.15) is 0 Å². The van der Waals surface area contributed by atoms with Gasteiger partial charge in [-0.05, 0) is 67.9 Å². The van der Waals surface area contributed by atoms with Gasteiger partial charge < -0.3 is 33.7 Å². The molecule has 4 aromatic rings. The minimum absolute atomic E-state index is 0. The number of benzene rings is 3. The van der Waals surface area contributed by atoms with E-state index in [-0.39, 0.29) is 18.1 Å². The van der Waals surface area contributed by atoms with E-state index in [4.69, 9.17) is 28.4 Å². The minimum Gasteiger partial charge on any atom is -0.493 e. The van der Waals surface area contributed by atoms with Crippen LogP contribution in [0.25, 0.3) is 27.6 Å². The predicted octanol–water partition coefficient (Wildman–Crippen LogP) is 5.73. The minimum atomic E-state index is -0.711. The third kappa shape index (κ3) is 5.75. The molecule has 10 nitrogen and oxygen atoms in total. The number of nitrogens with one attached hydrogen (secondary N) is 1. The highest BCUT2D eigenvalue weighted by Crippen LogP contribution is 2.45. The number of esters is 1. The van der Waals surface area contributed by atoms with E-state index in [9.17, 15) is 9.59 Å². The summed E-state index contributed by atoms with van der Waals surface area (Å²) in [4.78, 5) is 27.8. The van der Waals surface area contributed by atoms with Crippen LogP contribution in [-0.4, -0.2) is 59.2 Å². The summed E-state index contributed by atoms with van der Waals surface area (Å²) in [6, 6.07) is 13.9. The molecule has 0 aliphatic heterocycles. The Morgan fingerprint density at radius 3 is 1.79 bits per heavy atom. The maximum Gasteiger partial charge on any atom is 0.355 e. The molecule has 0 unspecified atom stereocenters. The molecule has 0 amide bonds. The van der Waals surface area contributed by atoms with Crippen LogP contribution >= 0.6 is 12.4 Å². The fourth-order valence-corrected chi connectivity index (χ4v) is 4.77. The largest absolute Gasteiger partial charge is 0.493 e. The average Bonchev–Trinajstić information content (AvgIpc) is 3.00. The molecule has 1 N–H and O–H groups in total. The van der Waals surface area contributed by atoms with Gasteiger partial charge in [-0.15, -0.1) is 12.4 Å². The van der Waals surface area contributed by atoms with Crippen molar-refractivity contribution in [2.24, 2.45) is 0 Å². The molecule has 0 saturated carbocycles. The topological polar surface area (TPSA) is 106 Å². The molecule has 1 heterocycles. The maximum absolute atomic E-state index is 14.3. The summed E-state index contributed by atoms with van der Waals surface area (Å²) in [5.74, 6) is 1.26. The second-order valence-corrected chi connectivity index (χ2v) is 8.78. The summed E-state index contributed by atoms with van der Waals surface area (Å²) in [5, 5.41) is 3.83. The predicted molar refractivity (Wildman–Crippen MR) is 165 cm³/mol. The number of hydrogen-bond acceptors (Lipinski definition) is 9. The van der Waals surface area contributed by atoms with Crippen LogP contribution < -0.4 is 34.6 Å². The van der Waals surface area contributed by atoms with Crippen LogP contribution in [0.5, 0.6) is 28.7 Å². The van der Waals surface area contributed by atoms with E-state index in [2.05, 4.69) is 5.32 Å². The van der Waals surface area contributed by atoms with E-state index in [1.54, 1.807) is 43.4 Å². The Morgan fingerprint density at radius 1 is 0.786 bits per heavy atom. The number of carbonyl (C=O) groups is 1. The third-order valence-electron chi connectivity index (χ3n) is 6.59. The highest BCUT2D eigenvalue weighted by atomic mass is 35.5. The molecule has 0 radical (unpaired) electrons. The van der Waals surface area contributed by atoms with Crippen LogP contribution in [0.1, 0.15) is 24.3 Å². The lowest BCUT2D eigenvalue weighted by molar-refractivity contribution is 0.0591. The zero-order valence-corrected chi connectivity index (χ0v) is 25.5. The number of halogens is 1. The fourth-order valence-electron chi connectivity index (χ4n) is 4.77. The lowest BCUT2D eigenvalue weighted by atomic mass is 9.95. The van der Waals surface area contributed by atoms with Gasteiger partial charge in [-0.3, -0.25) is 9.36 Å². The van der Waals surface area contributed by atoms with Crippen molar-refractivity contribution in [1.29, 1.82) is 0 Å². The van der Waals surface area contributed by atoms with Crippen molar-refractivity contribution in [3.8, 4) is 45.6 Å². The molecule has 0 aliphatic carbocycles. The van der Waals surface area contributed by atoms with Gasteiger partial charge in [0.25, 0.3) is 5.56 Å². The molecule has 4 rings (SSSR count). The molecule has 0 saturated heterocycles. The summed E-state index contributed by atoms with van der Waals surface area (Å²) in [6.45, 7) is 4.44. The summed E-state index contributed by atoms with van der Waals surface area (Å²) in [7, 11) is 7.59. The molecule has 224 valence electrons. The van der Waals surface area contributed by atoms with Crippen LogP contribution in [0.3, 0.4) is 0 Å². The molecule has 3 aromatic carbocycles. The Balaban J connectivity index is 0.00000484. The third-order valence-corrected chi connectivity index (χ3v) is 6.59.